The standard InChI is InChI=1S/C19H23N3O3/c23-17(15-25-18-6-2-1-3-7-18)14-21-9-11-22(12-10-21)19(24)16-5-4-8-20-13-16/h1-8,13,17,23H,9-12,14-15H2/t17-/m1/s1. The van der Waals surface area contributed by atoms with Crippen molar-refractivity contribution in [3.05, 3.63) is 60.4 Å². The zero-order valence-electron chi connectivity index (χ0n) is 14.1. The number of ether oxygens (including phenoxy) is 1. The molecule has 1 aliphatic rings. The molecule has 0 bridgehead atoms. The van der Waals surface area contributed by atoms with Crippen LogP contribution < -0.4 is 4.74 Å². The largest absolute Gasteiger partial charge is 0.491 e. The predicted octanol–water partition coefficient (Wildman–Crippen LogP) is 1.28. The van der Waals surface area contributed by atoms with Gasteiger partial charge in [-0.1, -0.05) is 18.2 Å². The maximum absolute atomic E-state index is 12.4. The van der Waals surface area contributed by atoms with E-state index in [-0.39, 0.29) is 12.5 Å². The molecular formula is C19H23N3O3. The summed E-state index contributed by atoms with van der Waals surface area (Å²) in [7, 11) is 0. The molecule has 6 nitrogen and oxygen atoms in total. The minimum absolute atomic E-state index is 0.0145. The first-order chi connectivity index (χ1) is 12.2. The zero-order valence-corrected chi connectivity index (χ0v) is 14.1. The van der Waals surface area contributed by atoms with Crippen molar-refractivity contribution >= 4 is 5.91 Å². The molecular weight excluding hydrogens is 318 g/mol. The van der Waals surface area contributed by atoms with Gasteiger partial charge in [-0.3, -0.25) is 14.7 Å². The molecule has 1 N–H and O–H groups in total. The molecule has 1 amide bonds. The number of carbonyl (C=O) groups excluding carboxylic acids is 1. The SMILES string of the molecule is O=C(c1cccnc1)N1CCN(C[C@@H](O)COc2ccccc2)CC1. The molecule has 0 unspecified atom stereocenters. The summed E-state index contributed by atoms with van der Waals surface area (Å²) in [6.45, 7) is 3.60. The fourth-order valence-corrected chi connectivity index (χ4v) is 2.87. The smallest absolute Gasteiger partial charge is 0.255 e. The number of benzene rings is 1. The molecule has 2 aromatic rings. The molecule has 1 saturated heterocycles. The van der Waals surface area contributed by atoms with Gasteiger partial charge in [-0.25, -0.2) is 0 Å². The van der Waals surface area contributed by atoms with E-state index in [1.807, 2.05) is 35.2 Å². The van der Waals surface area contributed by atoms with Crippen LogP contribution in [0.1, 0.15) is 10.4 Å². The maximum atomic E-state index is 12.4. The number of nitrogens with zero attached hydrogens (tertiary/aromatic N) is 3. The molecule has 0 spiro atoms. The van der Waals surface area contributed by atoms with Gasteiger partial charge in [-0.2, -0.15) is 0 Å². The lowest BCUT2D eigenvalue weighted by molar-refractivity contribution is 0.0403. The van der Waals surface area contributed by atoms with Gasteiger partial charge in [0.25, 0.3) is 5.91 Å². The average Bonchev–Trinajstić information content (AvgIpc) is 2.68. The van der Waals surface area contributed by atoms with Gasteiger partial charge in [0.2, 0.25) is 0 Å². The number of rotatable bonds is 6. The molecule has 1 aromatic heterocycles. The number of carbonyl (C=O) groups is 1. The highest BCUT2D eigenvalue weighted by Gasteiger charge is 2.23. The minimum Gasteiger partial charge on any atom is -0.491 e. The van der Waals surface area contributed by atoms with E-state index < -0.39 is 6.10 Å². The molecule has 3 rings (SSSR count). The summed E-state index contributed by atoms with van der Waals surface area (Å²) in [6, 6.07) is 13.0. The van der Waals surface area contributed by atoms with Crippen molar-refractivity contribution in [1.29, 1.82) is 0 Å². The van der Waals surface area contributed by atoms with E-state index in [4.69, 9.17) is 4.74 Å². The van der Waals surface area contributed by atoms with Gasteiger partial charge < -0.3 is 14.7 Å². The van der Waals surface area contributed by atoms with Crippen molar-refractivity contribution in [2.45, 2.75) is 6.10 Å². The van der Waals surface area contributed by atoms with Gasteiger partial charge in [0.05, 0.1) is 5.56 Å². The van der Waals surface area contributed by atoms with Crippen LogP contribution in [0.15, 0.2) is 54.9 Å². The van der Waals surface area contributed by atoms with Crippen molar-refractivity contribution in [1.82, 2.24) is 14.8 Å². The molecule has 1 fully saturated rings. The van der Waals surface area contributed by atoms with E-state index in [0.29, 0.717) is 25.2 Å². The number of aromatic nitrogens is 1. The maximum Gasteiger partial charge on any atom is 0.255 e. The molecule has 6 heteroatoms. The third-order valence-corrected chi connectivity index (χ3v) is 4.22. The van der Waals surface area contributed by atoms with Crippen LogP contribution in [-0.2, 0) is 0 Å². The first-order valence-electron chi connectivity index (χ1n) is 8.50. The van der Waals surface area contributed by atoms with Crippen LogP contribution in [0.3, 0.4) is 0 Å². The average molecular weight is 341 g/mol. The molecule has 0 aliphatic carbocycles. The molecule has 2 heterocycles. The molecule has 1 aromatic carbocycles. The number of pyridine rings is 1. The van der Waals surface area contributed by atoms with Gasteiger partial charge in [0.15, 0.2) is 0 Å². The van der Waals surface area contributed by atoms with E-state index >= 15 is 0 Å². The highest BCUT2D eigenvalue weighted by molar-refractivity contribution is 5.93. The summed E-state index contributed by atoms with van der Waals surface area (Å²) in [4.78, 5) is 20.4. The first kappa shape index (κ1) is 17.4. The van der Waals surface area contributed by atoms with E-state index in [1.165, 1.54) is 0 Å². The van der Waals surface area contributed by atoms with Crippen LogP contribution in [0.2, 0.25) is 0 Å². The second-order valence-electron chi connectivity index (χ2n) is 6.11. The van der Waals surface area contributed by atoms with Gasteiger partial charge in [0.1, 0.15) is 18.5 Å². The van der Waals surface area contributed by atoms with Crippen LogP contribution in [0.25, 0.3) is 0 Å². The van der Waals surface area contributed by atoms with Gasteiger partial charge >= 0.3 is 0 Å². The number of amides is 1. The Morgan fingerprint density at radius 2 is 1.88 bits per heavy atom. The Hall–Kier alpha value is -2.44. The Bertz CT molecular complexity index is 658. The van der Waals surface area contributed by atoms with E-state index in [9.17, 15) is 9.90 Å². The lowest BCUT2D eigenvalue weighted by Crippen LogP contribution is -2.51. The molecule has 1 atom stereocenters. The van der Waals surface area contributed by atoms with Crippen LogP contribution in [-0.4, -0.2) is 71.2 Å². The number of hydrogen-bond donors (Lipinski definition) is 1. The Balaban J connectivity index is 1.41. The van der Waals surface area contributed by atoms with E-state index in [0.717, 1.165) is 18.8 Å². The van der Waals surface area contributed by atoms with Crippen LogP contribution in [0, 0.1) is 0 Å². The molecule has 1 aliphatic heterocycles. The number of β-amino-alcohol motifs (C(OH)–C–C–N with tert-alkyl or cyclic N) is 1. The fraction of sp³-hybridized carbons (Fsp3) is 0.368. The zero-order chi connectivity index (χ0) is 17.5. The number of hydrogen-bond acceptors (Lipinski definition) is 5. The van der Waals surface area contributed by atoms with Gasteiger partial charge in [-0.15, -0.1) is 0 Å². The second kappa shape index (κ2) is 8.60. The Morgan fingerprint density at radius 3 is 2.56 bits per heavy atom. The highest BCUT2D eigenvalue weighted by Crippen LogP contribution is 2.10. The topological polar surface area (TPSA) is 65.9 Å². The van der Waals surface area contributed by atoms with Gasteiger partial charge in [-0.05, 0) is 24.3 Å². The number of aliphatic hydroxyl groups is 1. The van der Waals surface area contributed by atoms with E-state index in [2.05, 4.69) is 9.88 Å². The molecule has 25 heavy (non-hydrogen) atoms. The Labute approximate surface area is 147 Å². The highest BCUT2D eigenvalue weighted by atomic mass is 16.5. The molecule has 0 radical (unpaired) electrons. The monoisotopic (exact) mass is 341 g/mol. The van der Waals surface area contributed by atoms with Crippen LogP contribution >= 0.6 is 0 Å². The van der Waals surface area contributed by atoms with E-state index in [1.54, 1.807) is 24.5 Å². The number of aliphatic hydroxyl groups excluding tert-OH is 1. The Kier molecular flexibility index (Phi) is 5.98. The first-order valence-corrected chi connectivity index (χ1v) is 8.50. The molecule has 0 saturated carbocycles. The van der Waals surface area contributed by atoms with Crippen molar-refractivity contribution in [3.63, 3.8) is 0 Å². The third-order valence-electron chi connectivity index (χ3n) is 4.22. The summed E-state index contributed by atoms with van der Waals surface area (Å²) in [6.07, 6.45) is 2.70. The second-order valence-corrected chi connectivity index (χ2v) is 6.11. The Morgan fingerprint density at radius 1 is 1.12 bits per heavy atom. The van der Waals surface area contributed by atoms with Crippen molar-refractivity contribution in [2.24, 2.45) is 0 Å². The predicted molar refractivity (Wildman–Crippen MR) is 94.5 cm³/mol. The van der Waals surface area contributed by atoms with Crippen LogP contribution in [0.4, 0.5) is 0 Å². The normalized spacial score (nSPS) is 16.4. The summed E-state index contributed by atoms with van der Waals surface area (Å²) in [5.41, 5.74) is 0.618. The summed E-state index contributed by atoms with van der Waals surface area (Å²) in [5.74, 6) is 0.772. The van der Waals surface area contributed by atoms with Gasteiger partial charge in [0, 0.05) is 45.1 Å². The number of piperazine rings is 1. The summed E-state index contributed by atoms with van der Waals surface area (Å²) in [5, 5.41) is 10.2. The summed E-state index contributed by atoms with van der Waals surface area (Å²) >= 11 is 0. The fourth-order valence-electron chi connectivity index (χ4n) is 2.87. The molecule has 132 valence electrons. The minimum atomic E-state index is -0.555. The van der Waals surface area contributed by atoms with Crippen molar-refractivity contribution in [2.75, 3.05) is 39.3 Å². The number of para-hydroxylation sites is 1. The third kappa shape index (κ3) is 5.01. The van der Waals surface area contributed by atoms with Crippen molar-refractivity contribution < 1.29 is 14.6 Å². The quantitative estimate of drug-likeness (QED) is 0.857. The lowest BCUT2D eigenvalue weighted by atomic mass is 10.2. The van der Waals surface area contributed by atoms with Crippen LogP contribution in [0.5, 0.6) is 5.75 Å². The lowest BCUT2D eigenvalue weighted by Gasteiger charge is -2.35. The summed E-state index contributed by atoms with van der Waals surface area (Å²) < 4.78 is 5.58. The van der Waals surface area contributed by atoms with Crippen molar-refractivity contribution in [3.8, 4) is 5.75 Å².